The molecule has 0 unspecified atom stereocenters. The van der Waals surface area contributed by atoms with Crippen LogP contribution < -0.4 is 4.90 Å². The van der Waals surface area contributed by atoms with Gasteiger partial charge in [-0.3, -0.25) is 0 Å². The van der Waals surface area contributed by atoms with Crippen LogP contribution in [0.5, 0.6) is 0 Å². The first-order valence-corrected chi connectivity index (χ1v) is 18.1. The number of hydrogen-bond acceptors (Lipinski definition) is 2. The number of hydrogen-bond donors (Lipinski definition) is 0. The van der Waals surface area contributed by atoms with E-state index in [-0.39, 0.29) is 0 Å². The van der Waals surface area contributed by atoms with Gasteiger partial charge in [0.05, 0.1) is 5.69 Å². The zero-order chi connectivity index (χ0) is 35.6. The number of fused-ring (bicyclic) bond motifs is 1. The van der Waals surface area contributed by atoms with Crippen LogP contribution in [0.3, 0.4) is 0 Å². The molecular formula is C51H37NO. The van der Waals surface area contributed by atoms with Gasteiger partial charge in [-0.1, -0.05) is 164 Å². The first-order chi connectivity index (χ1) is 26.2. The predicted octanol–water partition coefficient (Wildman–Crippen LogP) is 14.5. The zero-order valence-corrected chi connectivity index (χ0v) is 29.5. The van der Waals surface area contributed by atoms with Crippen molar-refractivity contribution in [3.63, 3.8) is 0 Å². The number of anilines is 3. The lowest BCUT2D eigenvalue weighted by Crippen LogP contribution is -2.11. The Kier molecular flexibility index (Phi) is 8.47. The molecule has 53 heavy (non-hydrogen) atoms. The molecule has 0 fully saturated rings. The molecule has 0 radical (unpaired) electrons. The third-order valence-corrected chi connectivity index (χ3v) is 10.1. The minimum absolute atomic E-state index is 0.916. The summed E-state index contributed by atoms with van der Waals surface area (Å²) in [5.74, 6) is 0.920. The Morgan fingerprint density at radius 2 is 0.811 bits per heavy atom. The summed E-state index contributed by atoms with van der Waals surface area (Å²) in [5, 5.41) is 1.15. The lowest BCUT2D eigenvalue weighted by Gasteiger charge is -2.28. The number of rotatable bonds is 8. The molecule has 0 atom stereocenters. The Hall–Kier alpha value is -6.90. The van der Waals surface area contributed by atoms with Gasteiger partial charge in [0, 0.05) is 33.5 Å². The summed E-state index contributed by atoms with van der Waals surface area (Å²) in [5.41, 5.74) is 15.9. The van der Waals surface area contributed by atoms with Gasteiger partial charge in [-0.25, -0.2) is 0 Å². The summed E-state index contributed by atoms with van der Waals surface area (Å²) in [6.45, 7) is 2.14. The molecule has 9 aromatic rings. The van der Waals surface area contributed by atoms with Gasteiger partial charge in [-0.15, -0.1) is 0 Å². The van der Waals surface area contributed by atoms with Crippen molar-refractivity contribution in [1.29, 1.82) is 0 Å². The third kappa shape index (κ3) is 6.32. The van der Waals surface area contributed by atoms with E-state index < -0.39 is 0 Å². The highest BCUT2D eigenvalue weighted by molar-refractivity contribution is 5.90. The van der Waals surface area contributed by atoms with Crippen LogP contribution in [0.25, 0.3) is 66.8 Å². The average Bonchev–Trinajstić information content (AvgIpc) is 3.58. The predicted molar refractivity (Wildman–Crippen MR) is 223 cm³/mol. The SMILES string of the molecule is Cc1c(-c2cccc(-c3ccc(N(c4ccc(-c5ccccc5)cc4)c4ccccc4-c4ccc(-c5ccccc5)cc4)cc3)c2)oc2ccccc12. The molecule has 0 aliphatic rings. The minimum Gasteiger partial charge on any atom is -0.456 e. The summed E-state index contributed by atoms with van der Waals surface area (Å²) in [6, 6.07) is 73.4. The normalized spacial score (nSPS) is 11.1. The van der Waals surface area contributed by atoms with Crippen LogP contribution >= 0.6 is 0 Å². The molecule has 0 aliphatic heterocycles. The summed E-state index contributed by atoms with van der Waals surface area (Å²) in [6.07, 6.45) is 0. The molecule has 0 spiro atoms. The molecule has 1 aromatic heterocycles. The fourth-order valence-electron chi connectivity index (χ4n) is 7.34. The maximum absolute atomic E-state index is 6.33. The first kappa shape index (κ1) is 32.0. The Balaban J connectivity index is 1.10. The molecule has 1 heterocycles. The largest absolute Gasteiger partial charge is 0.456 e. The van der Waals surface area contributed by atoms with E-state index in [4.69, 9.17) is 4.42 Å². The summed E-state index contributed by atoms with van der Waals surface area (Å²) in [4.78, 5) is 2.37. The number of benzene rings is 8. The molecule has 0 saturated carbocycles. The number of para-hydroxylation sites is 2. The standard InChI is InChI=1S/C51H37NO/c1-36-47-19-9-11-22-50(47)53-51(36)44-18-12-17-43(35-44)41-29-33-46(34-30-41)52(45-31-27-40(28-32-45)38-15-6-3-7-16-38)49-21-10-8-20-48(49)42-25-23-39(24-26-42)37-13-4-2-5-14-37/h2-35H,1H3. The van der Waals surface area contributed by atoms with Gasteiger partial charge in [0.1, 0.15) is 11.3 Å². The Bertz CT molecular complexity index is 2640. The van der Waals surface area contributed by atoms with E-state index in [9.17, 15) is 0 Å². The van der Waals surface area contributed by atoms with Gasteiger partial charge in [0.25, 0.3) is 0 Å². The van der Waals surface area contributed by atoms with Crippen molar-refractivity contribution in [3.05, 3.63) is 212 Å². The van der Waals surface area contributed by atoms with Crippen LogP contribution in [0, 0.1) is 6.92 Å². The number of furan rings is 1. The second kappa shape index (κ2) is 14.0. The molecule has 2 nitrogen and oxygen atoms in total. The van der Waals surface area contributed by atoms with E-state index in [2.05, 4.69) is 206 Å². The monoisotopic (exact) mass is 679 g/mol. The summed E-state index contributed by atoms with van der Waals surface area (Å²) >= 11 is 0. The second-order valence-electron chi connectivity index (χ2n) is 13.4. The third-order valence-electron chi connectivity index (χ3n) is 10.1. The minimum atomic E-state index is 0.916. The topological polar surface area (TPSA) is 16.4 Å². The van der Waals surface area contributed by atoms with Crippen LogP contribution in [0.2, 0.25) is 0 Å². The quantitative estimate of drug-likeness (QED) is 0.159. The van der Waals surface area contributed by atoms with Crippen molar-refractivity contribution in [2.75, 3.05) is 4.90 Å². The van der Waals surface area contributed by atoms with Crippen molar-refractivity contribution < 1.29 is 4.42 Å². The fraction of sp³-hybridized carbons (Fsp3) is 0.0196. The summed E-state index contributed by atoms with van der Waals surface area (Å²) < 4.78 is 6.33. The highest BCUT2D eigenvalue weighted by Crippen LogP contribution is 2.42. The van der Waals surface area contributed by atoms with Crippen molar-refractivity contribution in [2.45, 2.75) is 6.92 Å². The zero-order valence-electron chi connectivity index (χ0n) is 29.5. The van der Waals surface area contributed by atoms with Gasteiger partial charge in [0.15, 0.2) is 0 Å². The van der Waals surface area contributed by atoms with Crippen LogP contribution in [-0.4, -0.2) is 0 Å². The van der Waals surface area contributed by atoms with E-state index in [0.717, 1.165) is 61.6 Å². The van der Waals surface area contributed by atoms with Gasteiger partial charge < -0.3 is 9.32 Å². The van der Waals surface area contributed by atoms with Crippen molar-refractivity contribution in [1.82, 2.24) is 0 Å². The van der Waals surface area contributed by atoms with Gasteiger partial charge >= 0.3 is 0 Å². The van der Waals surface area contributed by atoms with E-state index in [1.54, 1.807) is 0 Å². The smallest absolute Gasteiger partial charge is 0.138 e. The van der Waals surface area contributed by atoms with Gasteiger partial charge in [-0.2, -0.15) is 0 Å². The highest BCUT2D eigenvalue weighted by Gasteiger charge is 2.18. The van der Waals surface area contributed by atoms with Gasteiger partial charge in [0.2, 0.25) is 0 Å². The molecule has 8 aromatic carbocycles. The van der Waals surface area contributed by atoms with E-state index in [1.165, 1.54) is 27.8 Å². The molecule has 0 N–H and O–H groups in total. The Morgan fingerprint density at radius 3 is 1.43 bits per heavy atom. The maximum atomic E-state index is 6.33. The molecule has 0 aliphatic carbocycles. The van der Waals surface area contributed by atoms with E-state index >= 15 is 0 Å². The Labute approximate surface area is 310 Å². The maximum Gasteiger partial charge on any atom is 0.138 e. The number of aryl methyl sites for hydroxylation is 1. The van der Waals surface area contributed by atoms with Crippen molar-refractivity contribution in [3.8, 4) is 55.8 Å². The molecule has 252 valence electrons. The lowest BCUT2D eigenvalue weighted by atomic mass is 9.97. The molecule has 0 saturated heterocycles. The van der Waals surface area contributed by atoms with Gasteiger partial charge in [-0.05, 0) is 88.3 Å². The number of nitrogens with zero attached hydrogens (tertiary/aromatic N) is 1. The summed E-state index contributed by atoms with van der Waals surface area (Å²) in [7, 11) is 0. The van der Waals surface area contributed by atoms with Crippen LogP contribution in [0.4, 0.5) is 17.1 Å². The second-order valence-corrected chi connectivity index (χ2v) is 13.4. The highest BCUT2D eigenvalue weighted by atomic mass is 16.3. The molecule has 2 heteroatoms. The van der Waals surface area contributed by atoms with E-state index in [0.29, 0.717) is 0 Å². The van der Waals surface area contributed by atoms with Crippen LogP contribution in [0.15, 0.2) is 211 Å². The van der Waals surface area contributed by atoms with Crippen LogP contribution in [-0.2, 0) is 0 Å². The average molecular weight is 680 g/mol. The van der Waals surface area contributed by atoms with Crippen LogP contribution in [0.1, 0.15) is 5.56 Å². The van der Waals surface area contributed by atoms with Crippen molar-refractivity contribution in [2.24, 2.45) is 0 Å². The molecule has 0 bridgehead atoms. The molecule has 9 rings (SSSR count). The lowest BCUT2D eigenvalue weighted by molar-refractivity contribution is 0.629. The molecule has 0 amide bonds. The first-order valence-electron chi connectivity index (χ1n) is 18.1. The van der Waals surface area contributed by atoms with E-state index in [1.807, 2.05) is 12.1 Å². The molecular weight excluding hydrogens is 643 g/mol. The Morgan fingerprint density at radius 1 is 0.358 bits per heavy atom. The fourth-order valence-corrected chi connectivity index (χ4v) is 7.34. The van der Waals surface area contributed by atoms with Crippen molar-refractivity contribution >= 4 is 28.0 Å².